The van der Waals surface area contributed by atoms with Crippen molar-refractivity contribution in [3.05, 3.63) is 24.3 Å². The van der Waals surface area contributed by atoms with Crippen LogP contribution in [0.1, 0.15) is 6.42 Å². The Kier molecular flexibility index (Phi) is 2.40. The molecule has 1 N–H and O–H groups in total. The van der Waals surface area contributed by atoms with Crippen molar-refractivity contribution in [3.63, 3.8) is 0 Å². The molecule has 0 radical (unpaired) electrons. The molecule has 0 spiro atoms. The molecule has 70 valence electrons. The number of anilines is 1. The molecule has 1 unspecified atom stereocenters. The third kappa shape index (κ3) is 2.15. The molecular weight excluding hydrogens is 171 g/mol. The molecule has 0 bridgehead atoms. The van der Waals surface area contributed by atoms with Gasteiger partial charge in [0.2, 0.25) is 5.95 Å². The van der Waals surface area contributed by atoms with Crippen LogP contribution in [0.2, 0.25) is 0 Å². The van der Waals surface area contributed by atoms with E-state index in [0.717, 1.165) is 18.7 Å². The highest BCUT2D eigenvalue weighted by Crippen LogP contribution is 2.13. The topological polar surface area (TPSA) is 34.1 Å². The predicted octanol–water partition coefficient (Wildman–Crippen LogP) is 1.42. The zero-order chi connectivity index (χ0) is 9.10. The summed E-state index contributed by atoms with van der Waals surface area (Å²) >= 11 is 0. The molecule has 0 saturated carbocycles. The van der Waals surface area contributed by atoms with E-state index in [1.54, 1.807) is 6.07 Å². The van der Waals surface area contributed by atoms with Crippen molar-refractivity contribution in [1.29, 1.82) is 0 Å². The van der Waals surface area contributed by atoms with Crippen LogP contribution >= 0.6 is 0 Å². The second-order valence-corrected chi connectivity index (χ2v) is 3.07. The maximum atomic E-state index is 12.7. The van der Waals surface area contributed by atoms with Crippen molar-refractivity contribution in [3.8, 4) is 0 Å². The fraction of sp³-hybridized carbons (Fsp3) is 0.444. The van der Waals surface area contributed by atoms with Crippen LogP contribution in [0, 0.1) is 5.95 Å². The zero-order valence-electron chi connectivity index (χ0n) is 7.16. The summed E-state index contributed by atoms with van der Waals surface area (Å²) in [6.45, 7) is 1.48. The van der Waals surface area contributed by atoms with Gasteiger partial charge in [0, 0.05) is 24.6 Å². The molecule has 0 aliphatic carbocycles. The van der Waals surface area contributed by atoms with Gasteiger partial charge in [0.1, 0.15) is 0 Å². The van der Waals surface area contributed by atoms with Gasteiger partial charge in [0.05, 0.1) is 12.6 Å². The highest BCUT2D eigenvalue weighted by Gasteiger charge is 2.14. The third-order valence-electron chi connectivity index (χ3n) is 2.03. The largest absolute Gasteiger partial charge is 0.380 e. The number of pyridine rings is 1. The number of aromatic nitrogens is 1. The van der Waals surface area contributed by atoms with Gasteiger partial charge in [-0.05, 0) is 12.5 Å². The first-order valence-corrected chi connectivity index (χ1v) is 4.30. The van der Waals surface area contributed by atoms with Crippen LogP contribution in [-0.2, 0) is 4.74 Å². The van der Waals surface area contributed by atoms with Crippen LogP contribution in [-0.4, -0.2) is 24.2 Å². The summed E-state index contributed by atoms with van der Waals surface area (Å²) in [5.41, 5.74) is 0.767. The van der Waals surface area contributed by atoms with Gasteiger partial charge >= 0.3 is 0 Å². The molecule has 0 aromatic carbocycles. The Morgan fingerprint density at radius 1 is 1.62 bits per heavy atom. The van der Waals surface area contributed by atoms with Crippen LogP contribution in [0.5, 0.6) is 0 Å². The molecule has 4 heteroatoms. The van der Waals surface area contributed by atoms with Gasteiger partial charge in [-0.2, -0.15) is 4.39 Å². The number of nitrogens with one attached hydrogen (secondary N) is 1. The Bertz CT molecular complexity index is 287. The Morgan fingerprint density at radius 3 is 3.23 bits per heavy atom. The summed E-state index contributed by atoms with van der Waals surface area (Å²) in [7, 11) is 0. The molecular formula is C9H11FN2O. The SMILES string of the molecule is Fc1cc(NC2CCOC2)ccn1. The van der Waals surface area contributed by atoms with Crippen LogP contribution in [0.25, 0.3) is 0 Å². The summed E-state index contributed by atoms with van der Waals surface area (Å²) in [5.74, 6) is -0.455. The number of nitrogens with zero attached hydrogens (tertiary/aromatic N) is 1. The summed E-state index contributed by atoms with van der Waals surface area (Å²) in [6.07, 6.45) is 2.43. The maximum Gasteiger partial charge on any atom is 0.214 e. The van der Waals surface area contributed by atoms with Crippen molar-refractivity contribution in [1.82, 2.24) is 4.98 Å². The molecule has 3 nitrogen and oxygen atoms in total. The molecule has 0 amide bonds. The van der Waals surface area contributed by atoms with Gasteiger partial charge in [-0.15, -0.1) is 0 Å². The smallest absolute Gasteiger partial charge is 0.214 e. The molecule has 1 aromatic rings. The fourth-order valence-electron chi connectivity index (χ4n) is 1.38. The van der Waals surface area contributed by atoms with Crippen LogP contribution in [0.15, 0.2) is 18.3 Å². The number of rotatable bonds is 2. The average molecular weight is 182 g/mol. The van der Waals surface area contributed by atoms with E-state index in [9.17, 15) is 4.39 Å². The lowest BCUT2D eigenvalue weighted by Gasteiger charge is -2.11. The van der Waals surface area contributed by atoms with Gasteiger partial charge in [-0.25, -0.2) is 4.98 Å². The molecule has 13 heavy (non-hydrogen) atoms. The highest BCUT2D eigenvalue weighted by atomic mass is 19.1. The first-order valence-electron chi connectivity index (χ1n) is 4.30. The van der Waals surface area contributed by atoms with Crippen molar-refractivity contribution in [2.24, 2.45) is 0 Å². The second-order valence-electron chi connectivity index (χ2n) is 3.07. The van der Waals surface area contributed by atoms with E-state index in [2.05, 4.69) is 10.3 Å². The first-order chi connectivity index (χ1) is 6.34. The van der Waals surface area contributed by atoms with Crippen molar-refractivity contribution in [2.75, 3.05) is 18.5 Å². The van der Waals surface area contributed by atoms with Gasteiger partial charge in [-0.3, -0.25) is 0 Å². The lowest BCUT2D eigenvalue weighted by Crippen LogP contribution is -2.18. The number of hydrogen-bond acceptors (Lipinski definition) is 3. The second kappa shape index (κ2) is 3.70. The van der Waals surface area contributed by atoms with Gasteiger partial charge in [-0.1, -0.05) is 0 Å². The summed E-state index contributed by atoms with van der Waals surface area (Å²) in [4.78, 5) is 3.48. The average Bonchev–Trinajstić information content (AvgIpc) is 2.57. The Labute approximate surface area is 75.9 Å². The zero-order valence-corrected chi connectivity index (χ0v) is 7.16. The van der Waals surface area contributed by atoms with Crippen molar-refractivity contribution >= 4 is 5.69 Å². The van der Waals surface area contributed by atoms with E-state index in [1.165, 1.54) is 12.3 Å². The first kappa shape index (κ1) is 8.44. The third-order valence-corrected chi connectivity index (χ3v) is 2.03. The minimum absolute atomic E-state index is 0.307. The Morgan fingerprint density at radius 2 is 2.54 bits per heavy atom. The molecule has 1 atom stereocenters. The van der Waals surface area contributed by atoms with E-state index < -0.39 is 5.95 Å². The summed E-state index contributed by atoms with van der Waals surface area (Å²) < 4.78 is 17.8. The van der Waals surface area contributed by atoms with E-state index >= 15 is 0 Å². The monoisotopic (exact) mass is 182 g/mol. The molecule has 1 aromatic heterocycles. The van der Waals surface area contributed by atoms with Crippen molar-refractivity contribution in [2.45, 2.75) is 12.5 Å². The molecule has 1 aliphatic rings. The normalized spacial score (nSPS) is 21.8. The highest BCUT2D eigenvalue weighted by molar-refractivity contribution is 5.42. The molecule has 2 rings (SSSR count). The van der Waals surface area contributed by atoms with Crippen LogP contribution in [0.4, 0.5) is 10.1 Å². The number of ether oxygens (including phenoxy) is 1. The number of halogens is 1. The molecule has 1 fully saturated rings. The standard InChI is InChI=1S/C9H11FN2O/c10-9-5-7(1-3-11-9)12-8-2-4-13-6-8/h1,3,5,8H,2,4,6H2,(H,11,12). The lowest BCUT2D eigenvalue weighted by molar-refractivity contribution is 0.195. The Balaban J connectivity index is 2.00. The van der Waals surface area contributed by atoms with Gasteiger partial charge in [0.15, 0.2) is 0 Å². The van der Waals surface area contributed by atoms with E-state index in [0.29, 0.717) is 12.6 Å². The summed E-state index contributed by atoms with van der Waals surface area (Å²) in [5, 5.41) is 3.18. The minimum Gasteiger partial charge on any atom is -0.380 e. The predicted molar refractivity (Wildman–Crippen MR) is 47.0 cm³/mol. The quantitative estimate of drug-likeness (QED) is 0.702. The van der Waals surface area contributed by atoms with Gasteiger partial charge in [0.25, 0.3) is 0 Å². The molecule has 2 heterocycles. The van der Waals surface area contributed by atoms with Crippen LogP contribution < -0.4 is 5.32 Å². The van der Waals surface area contributed by atoms with E-state index in [-0.39, 0.29) is 0 Å². The van der Waals surface area contributed by atoms with E-state index in [4.69, 9.17) is 4.74 Å². The fourth-order valence-corrected chi connectivity index (χ4v) is 1.38. The van der Waals surface area contributed by atoms with Gasteiger partial charge < -0.3 is 10.1 Å². The molecule has 1 saturated heterocycles. The molecule has 1 aliphatic heterocycles. The minimum atomic E-state index is -0.455. The Hall–Kier alpha value is -1.16. The summed E-state index contributed by atoms with van der Waals surface area (Å²) in [6, 6.07) is 3.45. The number of hydrogen-bond donors (Lipinski definition) is 1. The van der Waals surface area contributed by atoms with Crippen molar-refractivity contribution < 1.29 is 9.13 Å². The maximum absolute atomic E-state index is 12.7. The van der Waals surface area contributed by atoms with Crippen LogP contribution in [0.3, 0.4) is 0 Å². The lowest BCUT2D eigenvalue weighted by atomic mass is 10.2. The van der Waals surface area contributed by atoms with E-state index in [1.807, 2.05) is 0 Å².